The molecule has 0 radical (unpaired) electrons. The number of nitrogens with zero attached hydrogens (tertiary/aromatic N) is 2. The number of ether oxygens (including phenoxy) is 1. The summed E-state index contributed by atoms with van der Waals surface area (Å²) in [5.41, 5.74) is 0.194. The standard InChI is InChI=1S/C20H23FN4O4/c21-15-4-2-1-3-14(15)19(27)25-16-6-5-13(29-18(16)12-26)7-8-24-20(28)17-11-22-9-10-23-17/h1-4,9-11,13,16,18,26H,5-8,12H2,(H,24,28)(H,25,27)/t13-,16-,18-/m0/s1. The molecule has 154 valence electrons. The SMILES string of the molecule is O=C(NCC[C@@H]1CC[C@H](NC(=O)c2ccccc2F)[C@H](CO)O1)c1cnccn1. The number of aliphatic hydroxyl groups is 1. The van der Waals surface area contributed by atoms with E-state index in [2.05, 4.69) is 20.6 Å². The number of nitrogens with one attached hydrogen (secondary N) is 2. The summed E-state index contributed by atoms with van der Waals surface area (Å²) in [5, 5.41) is 15.1. The number of benzene rings is 1. The van der Waals surface area contributed by atoms with Crippen molar-refractivity contribution in [3.63, 3.8) is 0 Å². The molecule has 3 atom stereocenters. The van der Waals surface area contributed by atoms with Gasteiger partial charge >= 0.3 is 0 Å². The molecular formula is C20H23FN4O4. The molecule has 1 aliphatic rings. The second kappa shape index (κ2) is 10.0. The molecular weight excluding hydrogens is 379 g/mol. The predicted molar refractivity (Wildman–Crippen MR) is 102 cm³/mol. The number of hydrogen-bond acceptors (Lipinski definition) is 6. The third kappa shape index (κ3) is 5.55. The molecule has 0 saturated carbocycles. The van der Waals surface area contributed by atoms with E-state index in [1.165, 1.54) is 36.8 Å². The summed E-state index contributed by atoms with van der Waals surface area (Å²) in [6, 6.07) is 5.31. The van der Waals surface area contributed by atoms with E-state index in [4.69, 9.17) is 4.74 Å². The summed E-state index contributed by atoms with van der Waals surface area (Å²) < 4.78 is 19.6. The Kier molecular flexibility index (Phi) is 7.20. The highest BCUT2D eigenvalue weighted by Gasteiger charge is 2.32. The van der Waals surface area contributed by atoms with Crippen molar-refractivity contribution in [1.29, 1.82) is 0 Å². The lowest BCUT2D eigenvalue weighted by Gasteiger charge is -2.36. The maximum absolute atomic E-state index is 13.8. The smallest absolute Gasteiger partial charge is 0.271 e. The fraction of sp³-hybridized carbons (Fsp3) is 0.400. The molecule has 0 unspecified atom stereocenters. The fourth-order valence-electron chi connectivity index (χ4n) is 3.25. The molecule has 0 bridgehead atoms. The molecule has 2 heterocycles. The summed E-state index contributed by atoms with van der Waals surface area (Å²) in [7, 11) is 0. The van der Waals surface area contributed by atoms with E-state index in [1.807, 2.05) is 0 Å². The van der Waals surface area contributed by atoms with Crippen LogP contribution < -0.4 is 10.6 Å². The molecule has 29 heavy (non-hydrogen) atoms. The Morgan fingerprint density at radius 3 is 2.76 bits per heavy atom. The lowest BCUT2D eigenvalue weighted by Crippen LogP contribution is -2.51. The zero-order valence-corrected chi connectivity index (χ0v) is 15.8. The second-order valence-corrected chi connectivity index (χ2v) is 6.75. The molecule has 3 N–H and O–H groups in total. The number of amides is 2. The van der Waals surface area contributed by atoms with Gasteiger partial charge in [-0.25, -0.2) is 9.37 Å². The lowest BCUT2D eigenvalue weighted by atomic mass is 9.96. The molecule has 9 heteroatoms. The van der Waals surface area contributed by atoms with Crippen LogP contribution in [0, 0.1) is 5.82 Å². The Morgan fingerprint density at radius 1 is 1.21 bits per heavy atom. The van der Waals surface area contributed by atoms with Crippen LogP contribution in [-0.4, -0.2) is 58.3 Å². The molecule has 3 rings (SSSR count). The number of aliphatic hydroxyl groups excluding tert-OH is 1. The molecule has 1 aliphatic heterocycles. The van der Waals surface area contributed by atoms with Crippen molar-refractivity contribution in [2.24, 2.45) is 0 Å². The number of carbonyl (C=O) groups excluding carboxylic acids is 2. The minimum absolute atomic E-state index is 0.0435. The highest BCUT2D eigenvalue weighted by Crippen LogP contribution is 2.22. The quantitative estimate of drug-likeness (QED) is 0.639. The van der Waals surface area contributed by atoms with Crippen LogP contribution >= 0.6 is 0 Å². The fourth-order valence-corrected chi connectivity index (χ4v) is 3.25. The molecule has 8 nitrogen and oxygen atoms in total. The van der Waals surface area contributed by atoms with Crippen LogP contribution in [-0.2, 0) is 4.74 Å². The van der Waals surface area contributed by atoms with Gasteiger partial charge < -0.3 is 20.5 Å². The van der Waals surface area contributed by atoms with E-state index in [1.54, 1.807) is 6.07 Å². The summed E-state index contributed by atoms with van der Waals surface area (Å²) >= 11 is 0. The van der Waals surface area contributed by atoms with E-state index in [-0.39, 0.29) is 29.9 Å². The van der Waals surface area contributed by atoms with Gasteiger partial charge in [0.1, 0.15) is 17.6 Å². The van der Waals surface area contributed by atoms with Crippen LogP contribution in [0.4, 0.5) is 4.39 Å². The monoisotopic (exact) mass is 402 g/mol. The summed E-state index contributed by atoms with van der Waals surface area (Å²) in [6.07, 6.45) is 5.32. The Morgan fingerprint density at radius 2 is 2.03 bits per heavy atom. The van der Waals surface area contributed by atoms with Gasteiger partial charge in [0.25, 0.3) is 11.8 Å². The predicted octanol–water partition coefficient (Wildman–Crippen LogP) is 1.07. The van der Waals surface area contributed by atoms with Crippen molar-refractivity contribution in [2.75, 3.05) is 13.2 Å². The van der Waals surface area contributed by atoms with Gasteiger partial charge in [-0.3, -0.25) is 14.6 Å². The van der Waals surface area contributed by atoms with Crippen molar-refractivity contribution in [1.82, 2.24) is 20.6 Å². The first-order chi connectivity index (χ1) is 14.1. The van der Waals surface area contributed by atoms with Gasteiger partial charge in [0.15, 0.2) is 0 Å². The first kappa shape index (κ1) is 20.8. The third-order valence-corrected chi connectivity index (χ3v) is 4.78. The third-order valence-electron chi connectivity index (χ3n) is 4.78. The van der Waals surface area contributed by atoms with Gasteiger partial charge in [-0.1, -0.05) is 12.1 Å². The summed E-state index contributed by atoms with van der Waals surface area (Å²) in [4.78, 5) is 32.1. The minimum atomic E-state index is -0.598. The van der Waals surface area contributed by atoms with Gasteiger partial charge in [0.2, 0.25) is 0 Å². The lowest BCUT2D eigenvalue weighted by molar-refractivity contribution is -0.0893. The molecule has 0 aliphatic carbocycles. The Bertz CT molecular complexity index is 836. The van der Waals surface area contributed by atoms with E-state index in [0.29, 0.717) is 25.8 Å². The molecule has 1 saturated heterocycles. The van der Waals surface area contributed by atoms with Crippen molar-refractivity contribution >= 4 is 11.8 Å². The van der Waals surface area contributed by atoms with Crippen LogP contribution in [0.3, 0.4) is 0 Å². The van der Waals surface area contributed by atoms with Crippen LogP contribution in [0.25, 0.3) is 0 Å². The second-order valence-electron chi connectivity index (χ2n) is 6.75. The molecule has 1 aromatic heterocycles. The zero-order chi connectivity index (χ0) is 20.6. The van der Waals surface area contributed by atoms with Crippen molar-refractivity contribution in [3.05, 3.63) is 59.9 Å². The summed E-state index contributed by atoms with van der Waals surface area (Å²) in [6.45, 7) is 0.106. The van der Waals surface area contributed by atoms with Gasteiger partial charge in [-0.05, 0) is 31.4 Å². The Balaban J connectivity index is 1.47. The van der Waals surface area contributed by atoms with Crippen LogP contribution in [0.15, 0.2) is 42.9 Å². The minimum Gasteiger partial charge on any atom is -0.394 e. The van der Waals surface area contributed by atoms with E-state index in [9.17, 15) is 19.1 Å². The van der Waals surface area contributed by atoms with Crippen LogP contribution in [0.2, 0.25) is 0 Å². The van der Waals surface area contributed by atoms with Gasteiger partial charge in [0, 0.05) is 18.9 Å². The zero-order valence-electron chi connectivity index (χ0n) is 15.8. The molecule has 0 spiro atoms. The maximum Gasteiger partial charge on any atom is 0.271 e. The first-order valence-electron chi connectivity index (χ1n) is 9.44. The van der Waals surface area contributed by atoms with Crippen molar-refractivity contribution in [3.8, 4) is 0 Å². The summed E-state index contributed by atoms with van der Waals surface area (Å²) in [5.74, 6) is -1.45. The average Bonchev–Trinajstić information content (AvgIpc) is 2.75. The largest absolute Gasteiger partial charge is 0.394 e. The number of rotatable bonds is 7. The highest BCUT2D eigenvalue weighted by molar-refractivity contribution is 5.94. The number of aromatic nitrogens is 2. The molecule has 2 amide bonds. The topological polar surface area (TPSA) is 113 Å². The molecule has 1 fully saturated rings. The van der Waals surface area contributed by atoms with Gasteiger partial charge in [0.05, 0.1) is 30.5 Å². The first-order valence-corrected chi connectivity index (χ1v) is 9.44. The van der Waals surface area contributed by atoms with Crippen molar-refractivity contribution in [2.45, 2.75) is 37.5 Å². The average molecular weight is 402 g/mol. The van der Waals surface area contributed by atoms with E-state index in [0.717, 1.165) is 0 Å². The number of carbonyl (C=O) groups is 2. The Labute approximate surface area is 167 Å². The highest BCUT2D eigenvalue weighted by atomic mass is 19.1. The number of halogens is 1. The van der Waals surface area contributed by atoms with Gasteiger partial charge in [-0.2, -0.15) is 0 Å². The normalized spacial score (nSPS) is 21.4. The molecule has 1 aromatic carbocycles. The van der Waals surface area contributed by atoms with Gasteiger partial charge in [-0.15, -0.1) is 0 Å². The molecule has 2 aromatic rings. The van der Waals surface area contributed by atoms with E-state index >= 15 is 0 Å². The van der Waals surface area contributed by atoms with Crippen molar-refractivity contribution < 1.29 is 23.8 Å². The van der Waals surface area contributed by atoms with Crippen LogP contribution in [0.5, 0.6) is 0 Å². The van der Waals surface area contributed by atoms with Crippen LogP contribution in [0.1, 0.15) is 40.1 Å². The number of hydrogen-bond donors (Lipinski definition) is 3. The van der Waals surface area contributed by atoms with E-state index < -0.39 is 23.9 Å². The maximum atomic E-state index is 13.8. The Hall–Kier alpha value is -2.91.